The zero-order chi connectivity index (χ0) is 19.7. The zero-order valence-corrected chi connectivity index (χ0v) is 17.1. The number of nitrogens with zero attached hydrogens (tertiary/aromatic N) is 5. The minimum Gasteiger partial charge on any atom is -0.345 e. The molecular weight excluding hydrogens is 370 g/mol. The Kier molecular flexibility index (Phi) is 5.17. The molecule has 1 saturated heterocycles. The van der Waals surface area contributed by atoms with Crippen molar-refractivity contribution in [2.45, 2.75) is 36.6 Å². The summed E-state index contributed by atoms with van der Waals surface area (Å²) in [7, 11) is 1.85. The molecule has 0 aliphatic carbocycles. The molecule has 1 atom stereocenters. The van der Waals surface area contributed by atoms with Crippen LogP contribution in [0, 0.1) is 0 Å². The number of aromatic nitrogens is 4. The van der Waals surface area contributed by atoms with Crippen LogP contribution in [-0.4, -0.2) is 49.4 Å². The van der Waals surface area contributed by atoms with Gasteiger partial charge in [0.25, 0.3) is 0 Å². The Morgan fingerprint density at radius 2 is 1.96 bits per heavy atom. The third-order valence-corrected chi connectivity index (χ3v) is 6.18. The monoisotopic (exact) mass is 393 g/mol. The van der Waals surface area contributed by atoms with Gasteiger partial charge < -0.3 is 4.90 Å². The predicted molar refractivity (Wildman–Crippen MR) is 111 cm³/mol. The Bertz CT molecular complexity index is 985. The van der Waals surface area contributed by atoms with Crippen LogP contribution < -0.4 is 0 Å². The Hall–Kier alpha value is -2.67. The van der Waals surface area contributed by atoms with Crippen molar-refractivity contribution in [2.75, 3.05) is 13.6 Å². The van der Waals surface area contributed by atoms with Gasteiger partial charge in [0.05, 0.1) is 10.9 Å². The number of benzene rings is 1. The fourth-order valence-corrected chi connectivity index (χ4v) is 4.59. The first-order valence-corrected chi connectivity index (χ1v) is 10.3. The molecule has 4 rings (SSSR count). The third-order valence-electron chi connectivity index (χ3n) is 4.98. The van der Waals surface area contributed by atoms with E-state index >= 15 is 0 Å². The minimum atomic E-state index is -0.124. The fourth-order valence-electron chi connectivity index (χ4n) is 3.45. The van der Waals surface area contributed by atoms with Crippen LogP contribution in [0.15, 0.2) is 53.9 Å². The average Bonchev–Trinajstić information content (AvgIpc) is 3.27. The summed E-state index contributed by atoms with van der Waals surface area (Å²) in [5.74, 6) is 1.24. The predicted octanol–water partition coefficient (Wildman–Crippen LogP) is 3.78. The number of thioether (sulfide) groups is 1. The van der Waals surface area contributed by atoms with E-state index in [1.165, 1.54) is 17.3 Å². The zero-order valence-electron chi connectivity index (χ0n) is 16.2. The van der Waals surface area contributed by atoms with E-state index < -0.39 is 0 Å². The van der Waals surface area contributed by atoms with Crippen molar-refractivity contribution >= 4 is 17.7 Å². The average molecular weight is 394 g/mol. The van der Waals surface area contributed by atoms with E-state index in [0.717, 1.165) is 35.2 Å². The first-order chi connectivity index (χ1) is 13.6. The molecule has 1 aliphatic heterocycles. The Balaban J connectivity index is 1.85. The van der Waals surface area contributed by atoms with Crippen molar-refractivity contribution in [1.82, 2.24) is 24.6 Å². The standard InChI is InChI=1S/C21H23N5OS/c1-14(2)16-8-4-5-9-17(16)26-19(15-7-6-11-22-13-15)23-24-21(26)28-18-10-12-25(3)20(18)27/h4-9,11,13-14,18H,10,12H2,1-3H3. The third kappa shape index (κ3) is 3.42. The summed E-state index contributed by atoms with van der Waals surface area (Å²) in [6.45, 7) is 5.13. The van der Waals surface area contributed by atoms with E-state index in [1.807, 2.05) is 25.2 Å². The van der Waals surface area contributed by atoms with Gasteiger partial charge in [-0.25, -0.2) is 0 Å². The largest absolute Gasteiger partial charge is 0.345 e. The molecule has 1 unspecified atom stereocenters. The van der Waals surface area contributed by atoms with Crippen LogP contribution in [0.5, 0.6) is 0 Å². The van der Waals surface area contributed by atoms with Gasteiger partial charge in [0.15, 0.2) is 11.0 Å². The number of para-hydroxylation sites is 1. The topological polar surface area (TPSA) is 63.9 Å². The molecule has 0 N–H and O–H groups in total. The van der Waals surface area contributed by atoms with Crippen LogP contribution in [-0.2, 0) is 4.79 Å². The van der Waals surface area contributed by atoms with Crippen molar-refractivity contribution in [3.63, 3.8) is 0 Å². The molecule has 0 spiro atoms. The van der Waals surface area contributed by atoms with E-state index in [1.54, 1.807) is 17.3 Å². The van der Waals surface area contributed by atoms with E-state index in [4.69, 9.17) is 0 Å². The van der Waals surface area contributed by atoms with Crippen LogP contribution in [0.3, 0.4) is 0 Å². The van der Waals surface area contributed by atoms with Crippen LogP contribution in [0.4, 0.5) is 0 Å². The number of rotatable bonds is 5. The number of likely N-dealkylation sites (tertiary alicyclic amines) is 1. The van der Waals surface area contributed by atoms with Gasteiger partial charge in [-0.2, -0.15) is 0 Å². The van der Waals surface area contributed by atoms with Gasteiger partial charge in [-0.05, 0) is 36.1 Å². The second-order valence-electron chi connectivity index (χ2n) is 7.25. The molecule has 28 heavy (non-hydrogen) atoms. The number of carbonyl (C=O) groups excluding carboxylic acids is 1. The molecule has 6 nitrogen and oxygen atoms in total. The van der Waals surface area contributed by atoms with Crippen LogP contribution in [0.25, 0.3) is 17.1 Å². The van der Waals surface area contributed by atoms with Crippen molar-refractivity contribution in [3.8, 4) is 17.1 Å². The Labute approximate surface area is 169 Å². The summed E-state index contributed by atoms with van der Waals surface area (Å²) in [6.07, 6.45) is 4.36. The molecule has 144 valence electrons. The highest BCUT2D eigenvalue weighted by molar-refractivity contribution is 8.00. The maximum absolute atomic E-state index is 12.4. The lowest BCUT2D eigenvalue weighted by molar-refractivity contribution is -0.126. The number of hydrogen-bond acceptors (Lipinski definition) is 5. The molecule has 0 radical (unpaired) electrons. The summed E-state index contributed by atoms with van der Waals surface area (Å²) >= 11 is 1.50. The lowest BCUT2D eigenvalue weighted by Gasteiger charge is -2.17. The van der Waals surface area contributed by atoms with E-state index in [-0.39, 0.29) is 11.2 Å². The van der Waals surface area contributed by atoms with E-state index in [0.29, 0.717) is 5.92 Å². The molecule has 3 heterocycles. The van der Waals surface area contributed by atoms with Gasteiger partial charge in [0.1, 0.15) is 0 Å². The maximum atomic E-state index is 12.4. The van der Waals surface area contributed by atoms with Crippen molar-refractivity contribution in [3.05, 3.63) is 54.4 Å². The van der Waals surface area contributed by atoms with E-state index in [9.17, 15) is 4.79 Å². The van der Waals surface area contributed by atoms with Crippen molar-refractivity contribution in [1.29, 1.82) is 0 Å². The highest BCUT2D eigenvalue weighted by Gasteiger charge is 2.32. The minimum absolute atomic E-state index is 0.124. The van der Waals surface area contributed by atoms with Crippen molar-refractivity contribution in [2.24, 2.45) is 0 Å². The van der Waals surface area contributed by atoms with Gasteiger partial charge in [0, 0.05) is 31.5 Å². The van der Waals surface area contributed by atoms with Gasteiger partial charge in [0.2, 0.25) is 5.91 Å². The molecule has 0 saturated carbocycles. The van der Waals surface area contributed by atoms with Gasteiger partial charge in [-0.15, -0.1) is 10.2 Å². The second kappa shape index (κ2) is 7.75. The molecule has 0 bridgehead atoms. The summed E-state index contributed by atoms with van der Waals surface area (Å²) in [5.41, 5.74) is 3.15. The lowest BCUT2D eigenvalue weighted by atomic mass is 10.0. The normalized spacial score (nSPS) is 16.9. The molecule has 1 aliphatic rings. The van der Waals surface area contributed by atoms with Gasteiger partial charge in [-0.3, -0.25) is 14.3 Å². The highest BCUT2D eigenvalue weighted by atomic mass is 32.2. The second-order valence-corrected chi connectivity index (χ2v) is 8.42. The summed E-state index contributed by atoms with van der Waals surface area (Å²) in [5, 5.41) is 9.56. The lowest BCUT2D eigenvalue weighted by Crippen LogP contribution is -2.24. The van der Waals surface area contributed by atoms with Crippen LogP contribution >= 0.6 is 11.8 Å². The smallest absolute Gasteiger partial charge is 0.235 e. The Morgan fingerprint density at radius 1 is 1.14 bits per heavy atom. The molecule has 1 aromatic carbocycles. The summed E-state index contributed by atoms with van der Waals surface area (Å²) in [4.78, 5) is 18.5. The first-order valence-electron chi connectivity index (χ1n) is 9.43. The van der Waals surface area contributed by atoms with Gasteiger partial charge >= 0.3 is 0 Å². The number of pyridine rings is 1. The van der Waals surface area contributed by atoms with Crippen molar-refractivity contribution < 1.29 is 4.79 Å². The molecular formula is C21H23N5OS. The molecule has 1 fully saturated rings. The van der Waals surface area contributed by atoms with Crippen LogP contribution in [0.2, 0.25) is 0 Å². The molecule has 3 aromatic rings. The fraction of sp³-hybridized carbons (Fsp3) is 0.333. The van der Waals surface area contributed by atoms with Gasteiger partial charge in [-0.1, -0.05) is 43.8 Å². The molecule has 7 heteroatoms. The Morgan fingerprint density at radius 3 is 2.64 bits per heavy atom. The summed E-state index contributed by atoms with van der Waals surface area (Å²) in [6, 6.07) is 12.2. The number of amides is 1. The first kappa shape index (κ1) is 18.7. The SMILES string of the molecule is CC(C)c1ccccc1-n1c(SC2CCN(C)C2=O)nnc1-c1cccnc1. The maximum Gasteiger partial charge on any atom is 0.235 e. The number of hydrogen-bond donors (Lipinski definition) is 0. The quantitative estimate of drug-likeness (QED) is 0.660. The van der Waals surface area contributed by atoms with Crippen LogP contribution in [0.1, 0.15) is 31.7 Å². The highest BCUT2D eigenvalue weighted by Crippen LogP contribution is 2.35. The number of carbonyl (C=O) groups is 1. The summed E-state index contributed by atoms with van der Waals surface area (Å²) < 4.78 is 2.07. The molecule has 2 aromatic heterocycles. The van der Waals surface area contributed by atoms with E-state index in [2.05, 4.69) is 51.8 Å². The molecule has 1 amide bonds.